The molecule has 0 amide bonds. The third kappa shape index (κ3) is 2.14. The number of aromatic nitrogens is 2. The monoisotopic (exact) mass is 298 g/mol. The van der Waals surface area contributed by atoms with Crippen LogP contribution >= 0.6 is 11.6 Å². The van der Waals surface area contributed by atoms with Crippen molar-refractivity contribution in [3.05, 3.63) is 58.5 Å². The maximum absolute atomic E-state index is 12.1. The molecule has 0 saturated carbocycles. The Morgan fingerprint density at radius 3 is 2.48 bits per heavy atom. The van der Waals surface area contributed by atoms with E-state index >= 15 is 0 Å². The third-order valence-electron chi connectivity index (χ3n) is 3.62. The molecular formula is C17H15ClN2O. The van der Waals surface area contributed by atoms with Crippen LogP contribution in [0, 0.1) is 13.8 Å². The standard InChI is InChI=1S/C17H15ClN2O/c1-10-16-15(18)9-14(11(2)21)17(20(16)12(3)19-10)13-7-5-4-6-8-13/h4-9H,1-3H3. The highest BCUT2D eigenvalue weighted by Crippen LogP contribution is 2.33. The number of carbonyl (C=O) groups is 1. The predicted molar refractivity (Wildman–Crippen MR) is 85.1 cm³/mol. The van der Waals surface area contributed by atoms with Gasteiger partial charge in [-0.3, -0.25) is 9.20 Å². The van der Waals surface area contributed by atoms with Gasteiger partial charge in [0.25, 0.3) is 0 Å². The van der Waals surface area contributed by atoms with Gasteiger partial charge in [-0.15, -0.1) is 0 Å². The quantitative estimate of drug-likeness (QED) is 0.654. The number of imidazole rings is 1. The van der Waals surface area contributed by atoms with Gasteiger partial charge >= 0.3 is 0 Å². The minimum absolute atomic E-state index is 0.0107. The van der Waals surface area contributed by atoms with Gasteiger partial charge in [-0.25, -0.2) is 4.98 Å². The van der Waals surface area contributed by atoms with Gasteiger partial charge in [-0.05, 0) is 32.4 Å². The topological polar surface area (TPSA) is 34.4 Å². The zero-order valence-corrected chi connectivity index (χ0v) is 12.9. The molecule has 3 nitrogen and oxygen atoms in total. The van der Waals surface area contributed by atoms with Crippen LogP contribution in [0.1, 0.15) is 28.8 Å². The Balaban J connectivity index is 2.53. The van der Waals surface area contributed by atoms with Crippen molar-refractivity contribution < 1.29 is 4.79 Å². The summed E-state index contributed by atoms with van der Waals surface area (Å²) in [5, 5.41) is 0.554. The second-order valence-corrected chi connectivity index (χ2v) is 5.51. The molecule has 2 aromatic heterocycles. The van der Waals surface area contributed by atoms with E-state index in [1.54, 1.807) is 13.0 Å². The van der Waals surface area contributed by atoms with E-state index in [4.69, 9.17) is 11.6 Å². The molecular weight excluding hydrogens is 284 g/mol. The Kier molecular flexibility index (Phi) is 3.30. The van der Waals surface area contributed by atoms with E-state index in [1.165, 1.54) is 0 Å². The van der Waals surface area contributed by atoms with E-state index in [9.17, 15) is 4.79 Å². The van der Waals surface area contributed by atoms with Crippen molar-refractivity contribution in [1.29, 1.82) is 0 Å². The first-order valence-corrected chi connectivity index (χ1v) is 7.13. The van der Waals surface area contributed by atoms with Crippen molar-refractivity contribution in [2.45, 2.75) is 20.8 Å². The Labute approximate surface area is 128 Å². The molecule has 106 valence electrons. The van der Waals surface area contributed by atoms with Gasteiger partial charge in [-0.2, -0.15) is 0 Å². The first kappa shape index (κ1) is 13.8. The summed E-state index contributed by atoms with van der Waals surface area (Å²) in [5.74, 6) is 0.815. The van der Waals surface area contributed by atoms with Gasteiger partial charge in [0.1, 0.15) is 5.82 Å². The highest BCUT2D eigenvalue weighted by molar-refractivity contribution is 6.34. The minimum Gasteiger partial charge on any atom is -0.294 e. The van der Waals surface area contributed by atoms with E-state index in [-0.39, 0.29) is 5.78 Å². The van der Waals surface area contributed by atoms with Crippen LogP contribution in [0.5, 0.6) is 0 Å². The fourth-order valence-corrected chi connectivity index (χ4v) is 3.09. The van der Waals surface area contributed by atoms with Crippen LogP contribution < -0.4 is 0 Å². The number of nitrogens with zero attached hydrogens (tertiary/aromatic N) is 2. The summed E-state index contributed by atoms with van der Waals surface area (Å²) in [6.07, 6.45) is 0. The second kappa shape index (κ2) is 5.01. The normalized spacial score (nSPS) is 11.0. The Morgan fingerprint density at radius 2 is 1.86 bits per heavy atom. The van der Waals surface area contributed by atoms with Gasteiger partial charge in [0.05, 0.1) is 21.9 Å². The molecule has 0 spiro atoms. The van der Waals surface area contributed by atoms with Gasteiger partial charge in [0.15, 0.2) is 5.78 Å². The highest BCUT2D eigenvalue weighted by Gasteiger charge is 2.19. The molecule has 0 atom stereocenters. The second-order valence-electron chi connectivity index (χ2n) is 5.11. The lowest BCUT2D eigenvalue weighted by Crippen LogP contribution is -2.04. The average molecular weight is 299 g/mol. The van der Waals surface area contributed by atoms with Crippen LogP contribution in [0.15, 0.2) is 36.4 Å². The lowest BCUT2D eigenvalue weighted by atomic mass is 10.0. The van der Waals surface area contributed by atoms with Crippen molar-refractivity contribution in [3.8, 4) is 11.3 Å². The molecule has 0 bridgehead atoms. The molecule has 0 fully saturated rings. The molecule has 0 aliphatic carbocycles. The molecule has 0 aliphatic heterocycles. The molecule has 2 heterocycles. The number of ketones is 1. The van der Waals surface area contributed by atoms with Crippen LogP contribution in [0.25, 0.3) is 16.8 Å². The number of Topliss-reactive ketones (excluding diaryl/α,β-unsaturated/α-hetero) is 1. The number of carbonyl (C=O) groups excluding carboxylic acids is 1. The number of hydrogen-bond acceptors (Lipinski definition) is 2. The van der Waals surface area contributed by atoms with Crippen LogP contribution in [-0.4, -0.2) is 15.2 Å². The first-order chi connectivity index (χ1) is 10.0. The molecule has 0 radical (unpaired) electrons. The predicted octanol–water partition coefficient (Wildman–Crippen LogP) is 4.47. The smallest absolute Gasteiger partial charge is 0.161 e. The van der Waals surface area contributed by atoms with Crippen molar-refractivity contribution in [3.63, 3.8) is 0 Å². The van der Waals surface area contributed by atoms with E-state index < -0.39 is 0 Å². The molecule has 3 aromatic rings. The number of hydrogen-bond donors (Lipinski definition) is 0. The maximum Gasteiger partial charge on any atom is 0.161 e. The van der Waals surface area contributed by atoms with Gasteiger partial charge in [0.2, 0.25) is 0 Å². The molecule has 0 aliphatic rings. The Morgan fingerprint density at radius 1 is 1.19 bits per heavy atom. The Bertz CT molecular complexity index is 850. The summed E-state index contributed by atoms with van der Waals surface area (Å²) in [6.45, 7) is 5.41. The molecule has 0 N–H and O–H groups in total. The average Bonchev–Trinajstić information content (AvgIpc) is 2.75. The van der Waals surface area contributed by atoms with Crippen molar-refractivity contribution in [1.82, 2.24) is 9.38 Å². The SMILES string of the molecule is CC(=O)c1cc(Cl)c2c(C)nc(C)n2c1-c1ccccc1. The largest absolute Gasteiger partial charge is 0.294 e. The molecule has 1 aromatic carbocycles. The number of rotatable bonds is 2. The summed E-state index contributed by atoms with van der Waals surface area (Å²) >= 11 is 6.37. The maximum atomic E-state index is 12.1. The lowest BCUT2D eigenvalue weighted by Gasteiger charge is -2.13. The molecule has 4 heteroatoms. The Hall–Kier alpha value is -2.13. The van der Waals surface area contributed by atoms with Crippen molar-refractivity contribution in [2.75, 3.05) is 0 Å². The number of pyridine rings is 1. The van der Waals surface area contributed by atoms with E-state index in [2.05, 4.69) is 4.98 Å². The number of benzene rings is 1. The molecule has 0 saturated heterocycles. The first-order valence-electron chi connectivity index (χ1n) is 6.75. The van der Waals surface area contributed by atoms with Gasteiger partial charge < -0.3 is 0 Å². The number of aryl methyl sites for hydroxylation is 2. The number of fused-ring (bicyclic) bond motifs is 1. The minimum atomic E-state index is -0.0107. The third-order valence-corrected chi connectivity index (χ3v) is 3.91. The van der Waals surface area contributed by atoms with Crippen molar-refractivity contribution in [2.24, 2.45) is 0 Å². The van der Waals surface area contributed by atoms with Gasteiger partial charge in [0, 0.05) is 5.56 Å². The van der Waals surface area contributed by atoms with Crippen LogP contribution in [0.2, 0.25) is 5.02 Å². The summed E-state index contributed by atoms with van der Waals surface area (Å²) in [6, 6.07) is 11.6. The van der Waals surface area contributed by atoms with Crippen LogP contribution in [-0.2, 0) is 0 Å². The summed E-state index contributed by atoms with van der Waals surface area (Å²) in [5.41, 5.74) is 4.16. The van der Waals surface area contributed by atoms with Gasteiger partial charge in [-0.1, -0.05) is 41.9 Å². The summed E-state index contributed by atoms with van der Waals surface area (Å²) in [7, 11) is 0. The van der Waals surface area contributed by atoms with Crippen LogP contribution in [0.3, 0.4) is 0 Å². The fourth-order valence-electron chi connectivity index (χ4n) is 2.76. The molecule has 0 unspecified atom stereocenters. The fraction of sp³-hybridized carbons (Fsp3) is 0.176. The zero-order valence-electron chi connectivity index (χ0n) is 12.1. The lowest BCUT2D eigenvalue weighted by molar-refractivity contribution is 0.101. The van der Waals surface area contributed by atoms with E-state index in [0.29, 0.717) is 10.6 Å². The van der Waals surface area contributed by atoms with Crippen molar-refractivity contribution >= 4 is 22.9 Å². The molecule has 21 heavy (non-hydrogen) atoms. The van der Waals surface area contributed by atoms with Crippen LogP contribution in [0.4, 0.5) is 0 Å². The zero-order chi connectivity index (χ0) is 15.1. The number of halogens is 1. The highest BCUT2D eigenvalue weighted by atomic mass is 35.5. The summed E-state index contributed by atoms with van der Waals surface area (Å²) < 4.78 is 1.98. The molecule has 3 rings (SSSR count). The van der Waals surface area contributed by atoms with E-state index in [0.717, 1.165) is 28.3 Å². The summed E-state index contributed by atoms with van der Waals surface area (Å²) in [4.78, 5) is 16.6. The van der Waals surface area contributed by atoms with E-state index in [1.807, 2.05) is 48.6 Å².